The van der Waals surface area contributed by atoms with Gasteiger partial charge in [-0.05, 0) is 58.3 Å². The van der Waals surface area contributed by atoms with Crippen LogP contribution in [0.3, 0.4) is 0 Å². The molecule has 0 radical (unpaired) electrons. The Kier molecular flexibility index (Phi) is 4.76. The normalized spacial score (nSPS) is 16.8. The molecule has 18 heavy (non-hydrogen) atoms. The van der Waals surface area contributed by atoms with Crippen LogP contribution in [0.5, 0.6) is 0 Å². The molecule has 0 amide bonds. The Bertz CT molecular complexity index is 407. The SMILES string of the molecule is COCCNCC1(Cc2ccc(F)c(Br)c2)CC1. The number of rotatable bonds is 7. The highest BCUT2D eigenvalue weighted by Crippen LogP contribution is 2.48. The third kappa shape index (κ3) is 3.77. The van der Waals surface area contributed by atoms with Crippen molar-refractivity contribution in [3.63, 3.8) is 0 Å². The zero-order valence-corrected chi connectivity index (χ0v) is 12.2. The molecule has 1 aromatic rings. The van der Waals surface area contributed by atoms with Gasteiger partial charge in [0.15, 0.2) is 0 Å². The van der Waals surface area contributed by atoms with Gasteiger partial charge >= 0.3 is 0 Å². The lowest BCUT2D eigenvalue weighted by molar-refractivity contribution is 0.197. The average molecular weight is 316 g/mol. The van der Waals surface area contributed by atoms with Gasteiger partial charge in [0.1, 0.15) is 5.82 Å². The predicted molar refractivity (Wildman–Crippen MR) is 74.2 cm³/mol. The molecule has 0 spiro atoms. The Labute approximate surface area is 116 Å². The van der Waals surface area contributed by atoms with Crippen LogP contribution in [-0.2, 0) is 11.2 Å². The molecule has 1 fully saturated rings. The van der Waals surface area contributed by atoms with Crippen molar-refractivity contribution in [2.75, 3.05) is 26.8 Å². The molecule has 1 aromatic carbocycles. The molecule has 0 saturated heterocycles. The minimum atomic E-state index is -0.193. The lowest BCUT2D eigenvalue weighted by Gasteiger charge is -2.16. The van der Waals surface area contributed by atoms with Gasteiger partial charge in [0.25, 0.3) is 0 Å². The maximum atomic E-state index is 13.2. The van der Waals surface area contributed by atoms with Crippen LogP contribution in [0.1, 0.15) is 18.4 Å². The Morgan fingerprint density at radius 2 is 2.22 bits per heavy atom. The lowest BCUT2D eigenvalue weighted by Crippen LogP contribution is -2.28. The maximum Gasteiger partial charge on any atom is 0.137 e. The number of benzene rings is 1. The van der Waals surface area contributed by atoms with E-state index in [1.54, 1.807) is 7.11 Å². The predicted octanol–water partition coefficient (Wildman–Crippen LogP) is 3.15. The quantitative estimate of drug-likeness (QED) is 0.780. The van der Waals surface area contributed by atoms with Crippen molar-refractivity contribution >= 4 is 15.9 Å². The molecule has 0 unspecified atom stereocenters. The van der Waals surface area contributed by atoms with Crippen LogP contribution in [0.25, 0.3) is 0 Å². The summed E-state index contributed by atoms with van der Waals surface area (Å²) in [5.41, 5.74) is 1.58. The van der Waals surface area contributed by atoms with Gasteiger partial charge in [0.05, 0.1) is 11.1 Å². The number of hydrogen-bond donors (Lipinski definition) is 1. The summed E-state index contributed by atoms with van der Waals surface area (Å²) in [7, 11) is 1.71. The van der Waals surface area contributed by atoms with E-state index in [1.807, 2.05) is 12.1 Å². The van der Waals surface area contributed by atoms with Crippen molar-refractivity contribution < 1.29 is 9.13 Å². The Hall–Kier alpha value is -0.450. The molecule has 1 aliphatic carbocycles. The number of hydrogen-bond acceptors (Lipinski definition) is 2. The van der Waals surface area contributed by atoms with Crippen molar-refractivity contribution in [3.05, 3.63) is 34.1 Å². The molecule has 1 aliphatic rings. The topological polar surface area (TPSA) is 21.3 Å². The first kappa shape index (κ1) is 14.0. The van der Waals surface area contributed by atoms with Crippen molar-refractivity contribution in [1.82, 2.24) is 5.32 Å². The molecule has 1 N–H and O–H groups in total. The molecule has 1 saturated carbocycles. The van der Waals surface area contributed by atoms with Gasteiger partial charge in [-0.15, -0.1) is 0 Å². The third-order valence-electron chi connectivity index (χ3n) is 3.50. The monoisotopic (exact) mass is 315 g/mol. The average Bonchev–Trinajstić information content (AvgIpc) is 3.10. The summed E-state index contributed by atoms with van der Waals surface area (Å²) < 4.78 is 18.7. The van der Waals surface area contributed by atoms with Crippen LogP contribution in [0.15, 0.2) is 22.7 Å². The van der Waals surface area contributed by atoms with E-state index < -0.39 is 0 Å². The molecule has 0 bridgehead atoms. The Morgan fingerprint density at radius 3 is 2.83 bits per heavy atom. The van der Waals surface area contributed by atoms with Crippen LogP contribution in [0, 0.1) is 11.2 Å². The standard InChI is InChI=1S/C14H19BrFNO/c1-18-7-6-17-10-14(4-5-14)9-11-2-3-13(16)12(15)8-11/h2-3,8,17H,4-7,9-10H2,1H3. The fourth-order valence-electron chi connectivity index (χ4n) is 2.20. The molecule has 2 rings (SSSR count). The molecule has 0 heterocycles. The minimum Gasteiger partial charge on any atom is -0.383 e. The zero-order valence-electron chi connectivity index (χ0n) is 10.6. The smallest absolute Gasteiger partial charge is 0.137 e. The van der Waals surface area contributed by atoms with Crippen LogP contribution in [0.4, 0.5) is 4.39 Å². The van der Waals surface area contributed by atoms with Crippen molar-refractivity contribution in [2.24, 2.45) is 5.41 Å². The van der Waals surface area contributed by atoms with E-state index >= 15 is 0 Å². The lowest BCUT2D eigenvalue weighted by atomic mass is 9.96. The van der Waals surface area contributed by atoms with Crippen molar-refractivity contribution in [1.29, 1.82) is 0 Å². The van der Waals surface area contributed by atoms with Gasteiger partial charge in [0, 0.05) is 20.2 Å². The number of halogens is 2. The number of methoxy groups -OCH3 is 1. The first-order valence-electron chi connectivity index (χ1n) is 6.29. The second-order valence-electron chi connectivity index (χ2n) is 5.09. The van der Waals surface area contributed by atoms with Gasteiger partial charge in [0.2, 0.25) is 0 Å². The van der Waals surface area contributed by atoms with Crippen LogP contribution in [0.2, 0.25) is 0 Å². The van der Waals surface area contributed by atoms with E-state index in [9.17, 15) is 4.39 Å². The fraction of sp³-hybridized carbons (Fsp3) is 0.571. The largest absolute Gasteiger partial charge is 0.383 e. The highest BCUT2D eigenvalue weighted by atomic mass is 79.9. The molecule has 4 heteroatoms. The second-order valence-corrected chi connectivity index (χ2v) is 5.95. The highest BCUT2D eigenvalue weighted by Gasteiger charge is 2.41. The molecule has 0 aliphatic heterocycles. The molecular weight excluding hydrogens is 297 g/mol. The summed E-state index contributed by atoms with van der Waals surface area (Å²) in [4.78, 5) is 0. The fourth-order valence-corrected chi connectivity index (χ4v) is 2.63. The van der Waals surface area contributed by atoms with E-state index in [2.05, 4.69) is 21.2 Å². The van der Waals surface area contributed by atoms with E-state index in [0.29, 0.717) is 9.89 Å². The third-order valence-corrected chi connectivity index (χ3v) is 4.11. The van der Waals surface area contributed by atoms with Crippen LogP contribution >= 0.6 is 15.9 Å². The van der Waals surface area contributed by atoms with E-state index in [-0.39, 0.29) is 5.82 Å². The zero-order chi connectivity index (χ0) is 13.0. The summed E-state index contributed by atoms with van der Waals surface area (Å²) in [6, 6.07) is 5.31. The summed E-state index contributed by atoms with van der Waals surface area (Å²) in [5.74, 6) is -0.193. The maximum absolute atomic E-state index is 13.2. The number of nitrogens with one attached hydrogen (secondary N) is 1. The second kappa shape index (κ2) is 6.13. The summed E-state index contributed by atoms with van der Waals surface area (Å²) in [6.07, 6.45) is 3.52. The summed E-state index contributed by atoms with van der Waals surface area (Å²) in [6.45, 7) is 2.66. The molecule has 2 nitrogen and oxygen atoms in total. The van der Waals surface area contributed by atoms with Gasteiger partial charge in [-0.3, -0.25) is 0 Å². The Morgan fingerprint density at radius 1 is 1.44 bits per heavy atom. The highest BCUT2D eigenvalue weighted by molar-refractivity contribution is 9.10. The molecule has 100 valence electrons. The Balaban J connectivity index is 1.86. The molecule has 0 atom stereocenters. The van der Waals surface area contributed by atoms with Crippen LogP contribution < -0.4 is 5.32 Å². The summed E-state index contributed by atoms with van der Waals surface area (Å²) >= 11 is 3.24. The first-order chi connectivity index (χ1) is 8.65. The molecule has 0 aromatic heterocycles. The van der Waals surface area contributed by atoms with Gasteiger partial charge in [-0.1, -0.05) is 6.07 Å². The number of ether oxygens (including phenoxy) is 1. The van der Waals surface area contributed by atoms with E-state index in [4.69, 9.17) is 4.74 Å². The summed E-state index contributed by atoms with van der Waals surface area (Å²) in [5, 5.41) is 3.42. The minimum absolute atomic E-state index is 0.193. The van der Waals surface area contributed by atoms with Crippen molar-refractivity contribution in [3.8, 4) is 0 Å². The first-order valence-corrected chi connectivity index (χ1v) is 7.08. The molecular formula is C14H19BrFNO. The van der Waals surface area contributed by atoms with E-state index in [1.165, 1.54) is 24.5 Å². The van der Waals surface area contributed by atoms with Gasteiger partial charge < -0.3 is 10.1 Å². The van der Waals surface area contributed by atoms with E-state index in [0.717, 1.165) is 26.1 Å². The van der Waals surface area contributed by atoms with Gasteiger partial charge in [-0.2, -0.15) is 0 Å². The van der Waals surface area contributed by atoms with Gasteiger partial charge in [-0.25, -0.2) is 4.39 Å². The van der Waals surface area contributed by atoms with Crippen molar-refractivity contribution in [2.45, 2.75) is 19.3 Å². The van der Waals surface area contributed by atoms with Crippen LogP contribution in [-0.4, -0.2) is 26.8 Å².